The Morgan fingerprint density at radius 1 is 0.607 bits per heavy atom. The van der Waals surface area contributed by atoms with Crippen LogP contribution in [0.4, 0.5) is 0 Å². The maximum Gasteiger partial charge on any atom is 0.161 e. The van der Waals surface area contributed by atoms with Crippen LogP contribution in [0.15, 0.2) is 66.7 Å². The minimum atomic E-state index is -0.216. The van der Waals surface area contributed by atoms with Gasteiger partial charge in [0.05, 0.1) is 0 Å². The molecule has 5 aromatic rings. The van der Waals surface area contributed by atoms with Gasteiger partial charge < -0.3 is 9.47 Å². The van der Waals surface area contributed by atoms with Crippen LogP contribution in [0, 0.1) is 0 Å². The van der Waals surface area contributed by atoms with E-state index in [2.05, 4.69) is 66.7 Å². The van der Waals surface area contributed by atoms with Gasteiger partial charge in [-0.2, -0.15) is 0 Å². The molecule has 0 saturated heterocycles. The van der Waals surface area contributed by atoms with Gasteiger partial charge in [-0.25, -0.2) is 0 Å². The van der Waals surface area contributed by atoms with Gasteiger partial charge in [0, 0.05) is 19.6 Å². The van der Waals surface area contributed by atoms with E-state index in [-0.39, 0.29) is 6.29 Å². The van der Waals surface area contributed by atoms with Crippen LogP contribution in [0.25, 0.3) is 43.1 Å². The van der Waals surface area contributed by atoms with Crippen molar-refractivity contribution >= 4 is 43.1 Å². The van der Waals surface area contributed by atoms with Gasteiger partial charge in [-0.3, -0.25) is 0 Å². The van der Waals surface area contributed by atoms with Gasteiger partial charge in [0.15, 0.2) is 6.29 Å². The van der Waals surface area contributed by atoms with Crippen molar-refractivity contribution in [3.63, 3.8) is 0 Å². The number of benzene rings is 5. The fourth-order valence-electron chi connectivity index (χ4n) is 4.62. The molecule has 2 heteroatoms. The average Bonchev–Trinajstić information content (AvgIpc) is 2.73. The Morgan fingerprint density at radius 2 is 1.18 bits per heavy atom. The second-order valence-corrected chi connectivity index (χ2v) is 7.26. The second kappa shape index (κ2) is 7.05. The monoisotopic (exact) mass is 368 g/mol. The molecule has 0 amide bonds. The molecule has 0 aliphatic carbocycles. The fraction of sp³-hybridized carbons (Fsp3) is 0.231. The predicted molar refractivity (Wildman–Crippen MR) is 118 cm³/mol. The molecule has 0 N–H and O–H groups in total. The van der Waals surface area contributed by atoms with Crippen molar-refractivity contribution in [1.29, 1.82) is 0 Å². The van der Waals surface area contributed by atoms with Gasteiger partial charge >= 0.3 is 0 Å². The summed E-state index contributed by atoms with van der Waals surface area (Å²) in [6, 6.07) is 24.4. The summed E-state index contributed by atoms with van der Waals surface area (Å²) in [6.07, 6.45) is 0.534. The van der Waals surface area contributed by atoms with Crippen molar-refractivity contribution < 1.29 is 9.47 Å². The third kappa shape index (κ3) is 2.64. The fourth-order valence-corrected chi connectivity index (χ4v) is 4.62. The summed E-state index contributed by atoms with van der Waals surface area (Å²) in [7, 11) is 0. The van der Waals surface area contributed by atoms with Gasteiger partial charge in [0.25, 0.3) is 0 Å². The summed E-state index contributed by atoms with van der Waals surface area (Å²) in [5.41, 5.74) is 1.29. The highest BCUT2D eigenvalue weighted by Gasteiger charge is 2.18. The molecule has 2 nitrogen and oxygen atoms in total. The molecule has 0 bridgehead atoms. The van der Waals surface area contributed by atoms with E-state index in [1.165, 1.54) is 48.7 Å². The van der Waals surface area contributed by atoms with E-state index in [0.29, 0.717) is 13.2 Å². The molecule has 0 saturated carbocycles. The molecule has 0 atom stereocenters. The number of hydrogen-bond donors (Lipinski definition) is 0. The van der Waals surface area contributed by atoms with Gasteiger partial charge in [0.1, 0.15) is 0 Å². The Bertz CT molecular complexity index is 1260. The zero-order valence-electron chi connectivity index (χ0n) is 16.4. The van der Waals surface area contributed by atoms with Crippen molar-refractivity contribution in [1.82, 2.24) is 0 Å². The number of rotatable bonds is 6. The summed E-state index contributed by atoms with van der Waals surface area (Å²) in [5, 5.41) is 10.6. The van der Waals surface area contributed by atoms with E-state index < -0.39 is 0 Å². The van der Waals surface area contributed by atoms with E-state index in [9.17, 15) is 0 Å². The lowest BCUT2D eigenvalue weighted by Gasteiger charge is -2.21. The predicted octanol–water partition coefficient (Wildman–Crippen LogP) is 6.68. The molecule has 0 heterocycles. The zero-order chi connectivity index (χ0) is 19.1. The molecular weight excluding hydrogens is 344 g/mol. The molecule has 0 aliphatic rings. The van der Waals surface area contributed by atoms with Crippen LogP contribution >= 0.6 is 0 Å². The first-order valence-corrected chi connectivity index (χ1v) is 10.1. The normalized spacial score (nSPS) is 12.2. The van der Waals surface area contributed by atoms with Crippen molar-refractivity contribution in [3.05, 3.63) is 72.3 Å². The molecule has 140 valence electrons. The van der Waals surface area contributed by atoms with Crippen LogP contribution in [0.5, 0.6) is 0 Å². The van der Waals surface area contributed by atoms with E-state index >= 15 is 0 Å². The number of ether oxygens (including phenoxy) is 2. The standard InChI is InChI=1S/C26H24O2/c1-3-27-23(28-4-2)16-19-15-14-18-10-6-12-21-20-11-5-8-17-9-7-13-22(24(17)20)26(19)25(18)21/h5-15,23H,3-4,16H2,1-2H3. The smallest absolute Gasteiger partial charge is 0.161 e. The molecule has 0 spiro atoms. The SMILES string of the molecule is CCOC(Cc1ccc2cccc3c4cccc5cccc(c1c23)c54)OCC. The minimum absolute atomic E-state index is 0.216. The van der Waals surface area contributed by atoms with E-state index in [4.69, 9.17) is 9.47 Å². The third-order valence-corrected chi connectivity index (χ3v) is 5.69. The van der Waals surface area contributed by atoms with Crippen molar-refractivity contribution in [2.75, 3.05) is 13.2 Å². The van der Waals surface area contributed by atoms with Crippen LogP contribution in [-0.2, 0) is 15.9 Å². The first-order chi connectivity index (χ1) is 13.8. The van der Waals surface area contributed by atoms with E-state index in [0.717, 1.165) is 6.42 Å². The number of hydrogen-bond acceptors (Lipinski definition) is 2. The maximum atomic E-state index is 5.87. The van der Waals surface area contributed by atoms with Gasteiger partial charge in [0.2, 0.25) is 0 Å². The maximum absolute atomic E-state index is 5.87. The van der Waals surface area contributed by atoms with Crippen molar-refractivity contribution in [2.45, 2.75) is 26.6 Å². The Morgan fingerprint density at radius 3 is 1.82 bits per heavy atom. The lowest BCUT2D eigenvalue weighted by atomic mass is 9.87. The average molecular weight is 368 g/mol. The van der Waals surface area contributed by atoms with Crippen molar-refractivity contribution in [3.8, 4) is 0 Å². The Kier molecular flexibility index (Phi) is 4.38. The van der Waals surface area contributed by atoms with Gasteiger partial charge in [-0.05, 0) is 62.5 Å². The van der Waals surface area contributed by atoms with Crippen LogP contribution in [0.2, 0.25) is 0 Å². The highest BCUT2D eigenvalue weighted by Crippen LogP contribution is 2.41. The van der Waals surface area contributed by atoms with E-state index in [1.807, 2.05) is 13.8 Å². The number of fused-ring (bicyclic) bond motifs is 2. The van der Waals surface area contributed by atoms with Gasteiger partial charge in [-0.1, -0.05) is 66.7 Å². The topological polar surface area (TPSA) is 18.5 Å². The molecule has 0 aliphatic heterocycles. The zero-order valence-corrected chi connectivity index (χ0v) is 16.4. The molecule has 0 aromatic heterocycles. The van der Waals surface area contributed by atoms with Gasteiger partial charge in [-0.15, -0.1) is 0 Å². The van der Waals surface area contributed by atoms with Crippen LogP contribution in [-0.4, -0.2) is 19.5 Å². The Labute approximate surface area is 165 Å². The van der Waals surface area contributed by atoms with Crippen LogP contribution in [0.1, 0.15) is 19.4 Å². The summed E-state index contributed by atoms with van der Waals surface area (Å²) < 4.78 is 11.7. The summed E-state index contributed by atoms with van der Waals surface area (Å²) in [5.74, 6) is 0. The molecule has 5 rings (SSSR count). The lowest BCUT2D eigenvalue weighted by molar-refractivity contribution is -0.134. The van der Waals surface area contributed by atoms with E-state index in [1.54, 1.807) is 0 Å². The molecular formula is C26H24O2. The van der Waals surface area contributed by atoms with Crippen LogP contribution in [0.3, 0.4) is 0 Å². The Balaban J connectivity index is 1.89. The molecule has 0 unspecified atom stereocenters. The summed E-state index contributed by atoms with van der Waals surface area (Å²) in [6.45, 7) is 5.34. The molecule has 28 heavy (non-hydrogen) atoms. The minimum Gasteiger partial charge on any atom is -0.353 e. The molecule has 0 radical (unpaired) electrons. The molecule has 5 aromatic carbocycles. The third-order valence-electron chi connectivity index (χ3n) is 5.69. The molecule has 0 fully saturated rings. The lowest BCUT2D eigenvalue weighted by Crippen LogP contribution is -2.20. The highest BCUT2D eigenvalue weighted by molar-refractivity contribution is 6.33. The van der Waals surface area contributed by atoms with Crippen molar-refractivity contribution in [2.24, 2.45) is 0 Å². The second-order valence-electron chi connectivity index (χ2n) is 7.26. The highest BCUT2D eigenvalue weighted by atomic mass is 16.7. The summed E-state index contributed by atoms with van der Waals surface area (Å²) >= 11 is 0. The first-order valence-electron chi connectivity index (χ1n) is 10.1. The Hall–Kier alpha value is -2.68. The first kappa shape index (κ1) is 17.4. The summed E-state index contributed by atoms with van der Waals surface area (Å²) in [4.78, 5) is 0. The van der Waals surface area contributed by atoms with Crippen LogP contribution < -0.4 is 0 Å². The quantitative estimate of drug-likeness (QED) is 0.189. The largest absolute Gasteiger partial charge is 0.353 e.